The monoisotopic (exact) mass is 365 g/mol. The normalized spacial score (nSPS) is 11.0. The van der Waals surface area contributed by atoms with Crippen LogP contribution in [0.4, 0.5) is 20.2 Å². The Kier molecular flexibility index (Phi) is 4.96. The number of aromatic nitrogens is 1. The number of benzene rings is 2. The van der Waals surface area contributed by atoms with Gasteiger partial charge in [0.25, 0.3) is 5.76 Å². The van der Waals surface area contributed by atoms with E-state index < -0.39 is 5.76 Å². The molecule has 0 saturated carbocycles. The quantitative estimate of drug-likeness (QED) is 0.486. The summed E-state index contributed by atoms with van der Waals surface area (Å²) < 4.78 is 30.0. The van der Waals surface area contributed by atoms with E-state index in [1.54, 1.807) is 31.2 Å². The number of rotatable bonds is 4. The molecule has 0 radical (unpaired) electrons. The highest BCUT2D eigenvalue weighted by Crippen LogP contribution is 2.26. The first-order valence-corrected chi connectivity index (χ1v) is 8.28. The van der Waals surface area contributed by atoms with Gasteiger partial charge in [0.05, 0.1) is 0 Å². The zero-order valence-electron chi connectivity index (χ0n) is 12.5. The predicted octanol–water partition coefficient (Wildman–Crippen LogP) is 5.26. The molecular weight excluding hydrogens is 352 g/mol. The summed E-state index contributed by atoms with van der Waals surface area (Å²) in [7, 11) is 0. The Labute approximate surface area is 146 Å². The van der Waals surface area contributed by atoms with Gasteiger partial charge in [-0.2, -0.15) is 8.78 Å². The fourth-order valence-electron chi connectivity index (χ4n) is 2.13. The highest BCUT2D eigenvalue weighted by molar-refractivity contribution is 7.99. The number of anilines is 2. The number of nitrogens with zero attached hydrogens (tertiary/aromatic N) is 1. The van der Waals surface area contributed by atoms with Crippen LogP contribution in [-0.4, -0.2) is 15.9 Å². The maximum atomic E-state index is 12.3. The standard InChI is InChI=1S/C16H13F2N3OS2/c1-9-19-13-8-11(4-7-14(13)22-9)21-16(23)20-10-2-5-12(6-3-10)24-15(17)18/h2-8,15H,1H3,(H2,20,21,23). The Hall–Kier alpha value is -2.19. The van der Waals surface area contributed by atoms with Gasteiger partial charge >= 0.3 is 0 Å². The maximum Gasteiger partial charge on any atom is 0.288 e. The molecule has 0 bridgehead atoms. The lowest BCUT2D eigenvalue weighted by Crippen LogP contribution is -2.18. The number of aryl methyl sites for hydroxylation is 1. The smallest absolute Gasteiger partial charge is 0.288 e. The Bertz CT molecular complexity index is 865. The van der Waals surface area contributed by atoms with E-state index in [4.69, 9.17) is 16.6 Å². The number of alkyl halides is 2. The van der Waals surface area contributed by atoms with Crippen LogP contribution in [0.15, 0.2) is 51.8 Å². The van der Waals surface area contributed by atoms with Gasteiger partial charge in [-0.1, -0.05) is 11.8 Å². The number of hydrogen-bond acceptors (Lipinski definition) is 4. The average molecular weight is 365 g/mol. The molecule has 0 aliphatic carbocycles. The summed E-state index contributed by atoms with van der Waals surface area (Å²) in [6.07, 6.45) is 0. The van der Waals surface area contributed by atoms with Crippen molar-refractivity contribution in [1.29, 1.82) is 0 Å². The molecule has 0 atom stereocenters. The minimum absolute atomic E-state index is 0.392. The fraction of sp³-hybridized carbons (Fsp3) is 0.125. The number of nitrogens with one attached hydrogen (secondary N) is 2. The third-order valence-corrected chi connectivity index (χ3v) is 4.02. The largest absolute Gasteiger partial charge is 0.441 e. The maximum absolute atomic E-state index is 12.3. The van der Waals surface area contributed by atoms with Gasteiger partial charge in [0, 0.05) is 23.2 Å². The van der Waals surface area contributed by atoms with Crippen LogP contribution in [0.25, 0.3) is 11.1 Å². The minimum Gasteiger partial charge on any atom is -0.441 e. The number of thioether (sulfide) groups is 1. The molecule has 2 N–H and O–H groups in total. The van der Waals surface area contributed by atoms with Gasteiger partial charge in [-0.15, -0.1) is 0 Å². The van der Waals surface area contributed by atoms with E-state index in [9.17, 15) is 8.78 Å². The third kappa shape index (κ3) is 4.21. The molecule has 0 spiro atoms. The molecule has 1 aromatic heterocycles. The molecule has 2 aromatic carbocycles. The number of fused-ring (bicyclic) bond motifs is 1. The van der Waals surface area contributed by atoms with Crippen LogP contribution in [0, 0.1) is 6.92 Å². The third-order valence-electron chi connectivity index (χ3n) is 3.09. The van der Waals surface area contributed by atoms with E-state index in [2.05, 4.69) is 15.6 Å². The van der Waals surface area contributed by atoms with Crippen LogP contribution in [0.2, 0.25) is 0 Å². The second-order valence-electron chi connectivity index (χ2n) is 4.90. The zero-order chi connectivity index (χ0) is 17.1. The van der Waals surface area contributed by atoms with Gasteiger partial charge in [0.15, 0.2) is 16.6 Å². The van der Waals surface area contributed by atoms with Crippen LogP contribution in [-0.2, 0) is 0 Å². The van der Waals surface area contributed by atoms with Gasteiger partial charge in [0.1, 0.15) is 5.52 Å². The second kappa shape index (κ2) is 7.14. The Morgan fingerprint density at radius 2 is 1.79 bits per heavy atom. The van der Waals surface area contributed by atoms with E-state index in [1.165, 1.54) is 0 Å². The Balaban J connectivity index is 1.63. The molecule has 0 aliphatic rings. The van der Waals surface area contributed by atoms with E-state index >= 15 is 0 Å². The van der Waals surface area contributed by atoms with Crippen molar-refractivity contribution >= 4 is 51.6 Å². The molecule has 0 saturated heterocycles. The molecule has 0 fully saturated rings. The van der Waals surface area contributed by atoms with Crippen LogP contribution in [0.3, 0.4) is 0 Å². The van der Waals surface area contributed by atoms with Crippen molar-refractivity contribution in [2.45, 2.75) is 17.6 Å². The Morgan fingerprint density at radius 3 is 2.50 bits per heavy atom. The minimum atomic E-state index is -2.43. The molecule has 4 nitrogen and oxygen atoms in total. The van der Waals surface area contributed by atoms with Gasteiger partial charge < -0.3 is 15.1 Å². The lowest BCUT2D eigenvalue weighted by atomic mass is 10.3. The SMILES string of the molecule is Cc1nc2cc(NC(=S)Nc3ccc(SC(F)F)cc3)ccc2o1. The van der Waals surface area contributed by atoms with E-state index in [1.807, 2.05) is 18.2 Å². The molecule has 0 aliphatic heterocycles. The van der Waals surface area contributed by atoms with Crippen LogP contribution in [0.1, 0.15) is 5.89 Å². The summed E-state index contributed by atoms with van der Waals surface area (Å²) in [6, 6.07) is 12.1. The van der Waals surface area contributed by atoms with Crippen molar-refractivity contribution in [2.24, 2.45) is 0 Å². The van der Waals surface area contributed by atoms with Crippen molar-refractivity contribution in [1.82, 2.24) is 4.98 Å². The number of thiocarbonyl (C=S) groups is 1. The summed E-state index contributed by atoms with van der Waals surface area (Å²) in [5.41, 5.74) is 2.94. The molecular formula is C16H13F2N3OS2. The lowest BCUT2D eigenvalue weighted by Gasteiger charge is -2.11. The van der Waals surface area contributed by atoms with Crippen molar-refractivity contribution in [3.8, 4) is 0 Å². The molecule has 3 aromatic rings. The van der Waals surface area contributed by atoms with Gasteiger partial charge in [-0.3, -0.25) is 0 Å². The average Bonchev–Trinajstić information content (AvgIpc) is 2.88. The fourth-order valence-corrected chi connectivity index (χ4v) is 2.87. The van der Waals surface area contributed by atoms with E-state index in [0.717, 1.165) is 11.2 Å². The van der Waals surface area contributed by atoms with Crippen molar-refractivity contribution in [2.75, 3.05) is 10.6 Å². The molecule has 3 rings (SSSR count). The van der Waals surface area contributed by atoms with Crippen LogP contribution in [0.5, 0.6) is 0 Å². The first-order chi connectivity index (χ1) is 11.5. The highest BCUT2D eigenvalue weighted by Gasteiger charge is 2.06. The van der Waals surface area contributed by atoms with Crippen LogP contribution < -0.4 is 10.6 Å². The van der Waals surface area contributed by atoms with E-state index in [0.29, 0.717) is 38.9 Å². The summed E-state index contributed by atoms with van der Waals surface area (Å²) in [6.45, 7) is 1.79. The topological polar surface area (TPSA) is 50.1 Å². The highest BCUT2D eigenvalue weighted by atomic mass is 32.2. The van der Waals surface area contributed by atoms with E-state index in [-0.39, 0.29) is 0 Å². The first kappa shape index (κ1) is 16.7. The van der Waals surface area contributed by atoms with Gasteiger partial charge in [0.2, 0.25) is 0 Å². The van der Waals surface area contributed by atoms with Crippen molar-refractivity contribution < 1.29 is 13.2 Å². The molecule has 124 valence electrons. The summed E-state index contributed by atoms with van der Waals surface area (Å²) in [4.78, 5) is 4.77. The summed E-state index contributed by atoms with van der Waals surface area (Å²) in [5, 5.41) is 6.45. The molecule has 0 amide bonds. The van der Waals surface area contributed by atoms with Crippen molar-refractivity contribution in [3.05, 3.63) is 48.4 Å². The molecule has 1 heterocycles. The van der Waals surface area contributed by atoms with Gasteiger partial charge in [-0.05, 0) is 54.7 Å². The van der Waals surface area contributed by atoms with Crippen LogP contribution >= 0.6 is 24.0 Å². The molecule has 24 heavy (non-hydrogen) atoms. The molecule has 8 heteroatoms. The van der Waals surface area contributed by atoms with Crippen molar-refractivity contribution in [3.63, 3.8) is 0 Å². The first-order valence-electron chi connectivity index (χ1n) is 7.00. The zero-order valence-corrected chi connectivity index (χ0v) is 14.2. The second-order valence-corrected chi connectivity index (χ2v) is 6.37. The Morgan fingerprint density at radius 1 is 1.12 bits per heavy atom. The number of hydrogen-bond donors (Lipinski definition) is 2. The lowest BCUT2D eigenvalue weighted by molar-refractivity contribution is 0.252. The van der Waals surface area contributed by atoms with Gasteiger partial charge in [-0.25, -0.2) is 4.98 Å². The number of halogens is 2. The summed E-state index contributed by atoms with van der Waals surface area (Å²) >= 11 is 5.76. The predicted molar refractivity (Wildman–Crippen MR) is 96.9 cm³/mol. The number of oxazole rings is 1. The summed E-state index contributed by atoms with van der Waals surface area (Å²) in [5.74, 6) is -1.83. The molecule has 0 unspecified atom stereocenters.